The molecule has 1 saturated heterocycles. The highest BCUT2D eigenvalue weighted by Gasteiger charge is 2.17. The summed E-state index contributed by atoms with van der Waals surface area (Å²) in [5.74, 6) is -0.739. The molecule has 1 aromatic carbocycles. The van der Waals surface area contributed by atoms with Crippen LogP contribution in [0.15, 0.2) is 22.7 Å². The van der Waals surface area contributed by atoms with Gasteiger partial charge in [-0.1, -0.05) is 0 Å². The highest BCUT2D eigenvalue weighted by molar-refractivity contribution is 9.10. The SMILES string of the molecule is O=C(CC1CCCNC1)Nc1cc(C(=O)O)ccc1Br. The molecule has 0 radical (unpaired) electrons. The highest BCUT2D eigenvalue weighted by atomic mass is 79.9. The number of rotatable bonds is 4. The van der Waals surface area contributed by atoms with Crippen LogP contribution in [0.5, 0.6) is 0 Å². The first-order chi connectivity index (χ1) is 9.56. The van der Waals surface area contributed by atoms with E-state index in [9.17, 15) is 9.59 Å². The summed E-state index contributed by atoms with van der Waals surface area (Å²) >= 11 is 3.31. The number of piperidine rings is 1. The number of amides is 1. The zero-order chi connectivity index (χ0) is 14.5. The fraction of sp³-hybridized carbons (Fsp3) is 0.429. The molecule has 0 aromatic heterocycles. The summed E-state index contributed by atoms with van der Waals surface area (Å²) in [5.41, 5.74) is 0.654. The normalized spacial score (nSPS) is 18.6. The van der Waals surface area contributed by atoms with Gasteiger partial charge in [-0.15, -0.1) is 0 Å². The van der Waals surface area contributed by atoms with Crippen molar-refractivity contribution in [2.24, 2.45) is 5.92 Å². The number of nitrogens with one attached hydrogen (secondary N) is 2. The summed E-state index contributed by atoms with van der Waals surface area (Å²) in [6, 6.07) is 4.58. The molecule has 1 fully saturated rings. The van der Waals surface area contributed by atoms with Gasteiger partial charge in [-0.2, -0.15) is 0 Å². The molecule has 1 heterocycles. The number of hydrogen-bond donors (Lipinski definition) is 3. The van der Waals surface area contributed by atoms with Crippen molar-refractivity contribution in [2.45, 2.75) is 19.3 Å². The Morgan fingerprint density at radius 3 is 2.90 bits per heavy atom. The van der Waals surface area contributed by atoms with Crippen molar-refractivity contribution in [3.8, 4) is 0 Å². The second-order valence-corrected chi connectivity index (χ2v) is 5.82. The van der Waals surface area contributed by atoms with Gasteiger partial charge in [0.1, 0.15) is 0 Å². The number of carbonyl (C=O) groups is 2. The molecule has 0 bridgehead atoms. The van der Waals surface area contributed by atoms with E-state index in [1.54, 1.807) is 6.07 Å². The van der Waals surface area contributed by atoms with Crippen molar-refractivity contribution in [2.75, 3.05) is 18.4 Å². The standard InChI is InChI=1S/C14H17BrN2O3/c15-11-4-3-10(14(19)20)7-12(11)17-13(18)6-9-2-1-5-16-8-9/h3-4,7,9,16H,1-2,5-6,8H2,(H,17,18)(H,19,20). The molecule has 1 atom stereocenters. The number of carboxylic acid groups (broad SMARTS) is 1. The molecule has 108 valence electrons. The monoisotopic (exact) mass is 340 g/mol. The van der Waals surface area contributed by atoms with Crippen LogP contribution in [0, 0.1) is 5.92 Å². The summed E-state index contributed by atoms with van der Waals surface area (Å²) in [6.45, 7) is 1.88. The molecule has 1 amide bonds. The Bertz CT molecular complexity index is 513. The van der Waals surface area contributed by atoms with Crippen LogP contribution in [-0.2, 0) is 4.79 Å². The lowest BCUT2D eigenvalue weighted by atomic mass is 9.96. The fourth-order valence-electron chi connectivity index (χ4n) is 2.32. The smallest absolute Gasteiger partial charge is 0.335 e. The Labute approximate surface area is 125 Å². The second-order valence-electron chi connectivity index (χ2n) is 4.96. The number of halogens is 1. The van der Waals surface area contributed by atoms with E-state index < -0.39 is 5.97 Å². The molecular formula is C14H17BrN2O3. The van der Waals surface area contributed by atoms with Gasteiger partial charge in [-0.25, -0.2) is 4.79 Å². The van der Waals surface area contributed by atoms with E-state index in [1.165, 1.54) is 12.1 Å². The topological polar surface area (TPSA) is 78.4 Å². The molecule has 1 unspecified atom stereocenters. The fourth-order valence-corrected chi connectivity index (χ4v) is 2.66. The summed E-state index contributed by atoms with van der Waals surface area (Å²) in [5, 5.41) is 15.0. The molecule has 0 spiro atoms. The first-order valence-corrected chi connectivity index (χ1v) is 7.39. The molecule has 1 aromatic rings. The van der Waals surface area contributed by atoms with Crippen LogP contribution in [0.4, 0.5) is 5.69 Å². The molecule has 1 aliphatic heterocycles. The van der Waals surface area contributed by atoms with E-state index in [4.69, 9.17) is 5.11 Å². The van der Waals surface area contributed by atoms with Crippen molar-refractivity contribution in [3.05, 3.63) is 28.2 Å². The van der Waals surface area contributed by atoms with Crippen LogP contribution < -0.4 is 10.6 Å². The average Bonchev–Trinajstić information content (AvgIpc) is 2.42. The molecule has 1 aliphatic rings. The minimum atomic E-state index is -1.01. The molecule has 2 rings (SSSR count). The first kappa shape index (κ1) is 15.0. The largest absolute Gasteiger partial charge is 0.478 e. The maximum absolute atomic E-state index is 12.0. The van der Waals surface area contributed by atoms with Crippen LogP contribution in [0.1, 0.15) is 29.6 Å². The summed E-state index contributed by atoms with van der Waals surface area (Å²) in [4.78, 5) is 22.9. The zero-order valence-corrected chi connectivity index (χ0v) is 12.6. The first-order valence-electron chi connectivity index (χ1n) is 6.59. The Balaban J connectivity index is 1.99. The third kappa shape index (κ3) is 4.05. The number of benzene rings is 1. The van der Waals surface area contributed by atoms with Gasteiger partial charge < -0.3 is 15.7 Å². The lowest BCUT2D eigenvalue weighted by Gasteiger charge is -2.22. The maximum atomic E-state index is 12.0. The summed E-state index contributed by atoms with van der Waals surface area (Å²) < 4.78 is 0.678. The van der Waals surface area contributed by atoms with Gasteiger partial charge in [0.05, 0.1) is 11.3 Å². The number of hydrogen-bond acceptors (Lipinski definition) is 3. The molecule has 0 aliphatic carbocycles. The number of aromatic carboxylic acids is 1. The van der Waals surface area contributed by atoms with Gasteiger partial charge in [0.15, 0.2) is 0 Å². The lowest BCUT2D eigenvalue weighted by molar-refractivity contribution is -0.117. The molecular weight excluding hydrogens is 324 g/mol. The van der Waals surface area contributed by atoms with E-state index in [0.717, 1.165) is 25.9 Å². The lowest BCUT2D eigenvalue weighted by Crippen LogP contribution is -2.32. The van der Waals surface area contributed by atoms with E-state index in [2.05, 4.69) is 26.6 Å². The van der Waals surface area contributed by atoms with Crippen LogP contribution in [0.3, 0.4) is 0 Å². The van der Waals surface area contributed by atoms with Gasteiger partial charge >= 0.3 is 5.97 Å². The minimum Gasteiger partial charge on any atom is -0.478 e. The third-order valence-electron chi connectivity index (χ3n) is 3.36. The number of anilines is 1. The van der Waals surface area contributed by atoms with Crippen molar-refractivity contribution in [1.29, 1.82) is 0 Å². The molecule has 3 N–H and O–H groups in total. The molecule has 20 heavy (non-hydrogen) atoms. The highest BCUT2D eigenvalue weighted by Crippen LogP contribution is 2.24. The maximum Gasteiger partial charge on any atom is 0.335 e. The van der Waals surface area contributed by atoms with Crippen molar-refractivity contribution in [3.63, 3.8) is 0 Å². The Morgan fingerprint density at radius 1 is 1.45 bits per heavy atom. The minimum absolute atomic E-state index is 0.0815. The summed E-state index contributed by atoms with van der Waals surface area (Å²) in [7, 11) is 0. The Kier molecular flexibility index (Phi) is 5.14. The molecule has 0 saturated carbocycles. The van der Waals surface area contributed by atoms with Gasteiger partial charge in [0.2, 0.25) is 5.91 Å². The van der Waals surface area contributed by atoms with Gasteiger partial charge in [0, 0.05) is 10.9 Å². The van der Waals surface area contributed by atoms with E-state index >= 15 is 0 Å². The van der Waals surface area contributed by atoms with Crippen molar-refractivity contribution < 1.29 is 14.7 Å². The van der Waals surface area contributed by atoms with E-state index in [-0.39, 0.29) is 11.5 Å². The average molecular weight is 341 g/mol. The third-order valence-corrected chi connectivity index (χ3v) is 4.05. The van der Waals surface area contributed by atoms with Gasteiger partial charge in [0.25, 0.3) is 0 Å². The zero-order valence-electron chi connectivity index (χ0n) is 11.0. The predicted octanol–water partition coefficient (Wildman–Crippen LogP) is 2.48. The molecule has 6 heteroatoms. The molecule has 5 nitrogen and oxygen atoms in total. The quantitative estimate of drug-likeness (QED) is 0.786. The Morgan fingerprint density at radius 2 is 2.25 bits per heavy atom. The number of carbonyl (C=O) groups excluding carboxylic acids is 1. The van der Waals surface area contributed by atoms with Crippen LogP contribution in [-0.4, -0.2) is 30.1 Å². The van der Waals surface area contributed by atoms with Crippen LogP contribution >= 0.6 is 15.9 Å². The number of carboxylic acids is 1. The van der Waals surface area contributed by atoms with Gasteiger partial charge in [-0.05, 0) is 66.0 Å². The van der Waals surface area contributed by atoms with Gasteiger partial charge in [-0.3, -0.25) is 4.79 Å². The van der Waals surface area contributed by atoms with Crippen LogP contribution in [0.25, 0.3) is 0 Å². The summed E-state index contributed by atoms with van der Waals surface area (Å²) in [6.07, 6.45) is 2.60. The second kappa shape index (κ2) is 6.85. The van der Waals surface area contributed by atoms with E-state index in [1.807, 2.05) is 0 Å². The van der Waals surface area contributed by atoms with E-state index in [0.29, 0.717) is 22.5 Å². The Hall–Kier alpha value is -1.40. The van der Waals surface area contributed by atoms with Crippen LogP contribution in [0.2, 0.25) is 0 Å². The predicted molar refractivity (Wildman–Crippen MR) is 79.9 cm³/mol. The van der Waals surface area contributed by atoms with Crippen molar-refractivity contribution in [1.82, 2.24) is 5.32 Å². The van der Waals surface area contributed by atoms with Crippen molar-refractivity contribution >= 4 is 33.5 Å².